The first-order valence-electron chi connectivity index (χ1n) is 6.92. The van der Waals surface area contributed by atoms with Crippen LogP contribution in [-0.4, -0.2) is 39.0 Å². The lowest BCUT2D eigenvalue weighted by Gasteiger charge is -2.20. The van der Waals surface area contributed by atoms with E-state index in [9.17, 15) is 4.79 Å². The molecule has 2 N–H and O–H groups in total. The topological polar surface area (TPSA) is 68.8 Å². The van der Waals surface area contributed by atoms with Gasteiger partial charge in [-0.2, -0.15) is 0 Å². The van der Waals surface area contributed by atoms with Gasteiger partial charge in [0.25, 0.3) is 0 Å². The van der Waals surface area contributed by atoms with E-state index >= 15 is 0 Å². The van der Waals surface area contributed by atoms with Crippen LogP contribution in [0.1, 0.15) is 13.3 Å². The van der Waals surface area contributed by atoms with Crippen LogP contribution >= 0.6 is 15.9 Å². The van der Waals surface area contributed by atoms with Crippen molar-refractivity contribution < 1.29 is 19.0 Å². The predicted molar refractivity (Wildman–Crippen MR) is 83.3 cm³/mol. The van der Waals surface area contributed by atoms with E-state index < -0.39 is 0 Å². The molecular weight excluding hydrogens is 340 g/mol. The summed E-state index contributed by atoms with van der Waals surface area (Å²) in [6.07, 6.45) is 0.781. The lowest BCUT2D eigenvalue weighted by atomic mass is 10.2. The largest absolute Gasteiger partial charge is 0.486 e. The second-order valence-electron chi connectivity index (χ2n) is 4.41. The van der Waals surface area contributed by atoms with Crippen molar-refractivity contribution in [3.05, 3.63) is 16.6 Å². The second kappa shape index (κ2) is 8.09. The number of hydrogen-bond donors (Lipinski definition) is 2. The number of nitrogens with one attached hydrogen (secondary N) is 2. The number of fused-ring (bicyclic) bond motifs is 1. The molecular formula is C14H19BrN2O4. The van der Waals surface area contributed by atoms with Gasteiger partial charge < -0.3 is 24.8 Å². The van der Waals surface area contributed by atoms with Gasteiger partial charge in [-0.15, -0.1) is 0 Å². The van der Waals surface area contributed by atoms with Gasteiger partial charge >= 0.3 is 6.03 Å². The molecule has 0 spiro atoms. The van der Waals surface area contributed by atoms with Gasteiger partial charge in [-0.3, -0.25) is 0 Å². The van der Waals surface area contributed by atoms with Crippen LogP contribution in [0.15, 0.2) is 16.6 Å². The molecule has 21 heavy (non-hydrogen) atoms. The summed E-state index contributed by atoms with van der Waals surface area (Å²) < 4.78 is 16.9. The van der Waals surface area contributed by atoms with Crippen LogP contribution in [0.4, 0.5) is 10.5 Å². The van der Waals surface area contributed by atoms with Crippen LogP contribution in [0.25, 0.3) is 0 Å². The number of hydrogen-bond acceptors (Lipinski definition) is 4. The van der Waals surface area contributed by atoms with E-state index in [0.717, 1.165) is 10.9 Å². The number of amides is 2. The van der Waals surface area contributed by atoms with Crippen LogP contribution in [0.3, 0.4) is 0 Å². The normalized spacial score (nSPS) is 12.9. The summed E-state index contributed by atoms with van der Waals surface area (Å²) in [5, 5.41) is 5.55. The van der Waals surface area contributed by atoms with Gasteiger partial charge in [0.1, 0.15) is 13.2 Å². The molecule has 7 heteroatoms. The summed E-state index contributed by atoms with van der Waals surface area (Å²) in [4.78, 5) is 11.8. The van der Waals surface area contributed by atoms with E-state index in [-0.39, 0.29) is 6.03 Å². The van der Waals surface area contributed by atoms with E-state index in [4.69, 9.17) is 14.2 Å². The molecule has 116 valence electrons. The highest BCUT2D eigenvalue weighted by Crippen LogP contribution is 2.38. The molecule has 1 aliphatic rings. The standard InChI is InChI=1S/C14H19BrN2O4/c1-2-19-5-3-4-16-14(18)17-11-9-13-12(8-10(11)15)20-6-7-21-13/h8-9H,2-7H2,1H3,(H2,16,17,18). The highest BCUT2D eigenvalue weighted by molar-refractivity contribution is 9.10. The zero-order chi connectivity index (χ0) is 15.1. The molecule has 0 unspecified atom stereocenters. The Kier molecular flexibility index (Phi) is 6.13. The summed E-state index contributed by atoms with van der Waals surface area (Å²) in [7, 11) is 0. The van der Waals surface area contributed by atoms with Crippen LogP contribution < -0.4 is 20.1 Å². The molecule has 1 aliphatic heterocycles. The zero-order valence-corrected chi connectivity index (χ0v) is 13.5. The highest BCUT2D eigenvalue weighted by atomic mass is 79.9. The summed E-state index contributed by atoms with van der Waals surface area (Å²) in [5.41, 5.74) is 0.640. The van der Waals surface area contributed by atoms with Crippen molar-refractivity contribution in [1.29, 1.82) is 0 Å². The predicted octanol–water partition coefficient (Wildman–Crippen LogP) is 2.77. The number of halogens is 1. The fourth-order valence-electron chi connectivity index (χ4n) is 1.85. The molecule has 0 fully saturated rings. The molecule has 0 radical (unpaired) electrons. The van der Waals surface area contributed by atoms with Crippen molar-refractivity contribution in [3.63, 3.8) is 0 Å². The number of urea groups is 1. The third kappa shape index (κ3) is 4.78. The third-order valence-corrected chi connectivity index (χ3v) is 3.49. The van der Waals surface area contributed by atoms with Gasteiger partial charge in [0, 0.05) is 36.4 Å². The third-order valence-electron chi connectivity index (χ3n) is 2.84. The molecule has 0 bridgehead atoms. The van der Waals surface area contributed by atoms with Crippen LogP contribution in [0.2, 0.25) is 0 Å². The SMILES string of the molecule is CCOCCCNC(=O)Nc1cc2c(cc1Br)OCCO2. The van der Waals surface area contributed by atoms with Gasteiger partial charge in [-0.1, -0.05) is 0 Å². The van der Waals surface area contributed by atoms with E-state index in [1.54, 1.807) is 12.1 Å². The lowest BCUT2D eigenvalue weighted by Crippen LogP contribution is -2.30. The Balaban J connectivity index is 1.86. The van der Waals surface area contributed by atoms with Crippen LogP contribution in [0, 0.1) is 0 Å². The molecule has 0 saturated carbocycles. The highest BCUT2D eigenvalue weighted by Gasteiger charge is 2.15. The minimum absolute atomic E-state index is 0.260. The smallest absolute Gasteiger partial charge is 0.319 e. The Morgan fingerprint density at radius 1 is 1.33 bits per heavy atom. The molecule has 0 aromatic heterocycles. The second-order valence-corrected chi connectivity index (χ2v) is 5.26. The van der Waals surface area contributed by atoms with E-state index in [2.05, 4.69) is 26.6 Å². The number of anilines is 1. The molecule has 0 atom stereocenters. The summed E-state index contributed by atoms with van der Waals surface area (Å²) >= 11 is 3.41. The Labute approximate surface area is 132 Å². The molecule has 1 aromatic carbocycles. The molecule has 0 saturated heterocycles. The molecule has 6 nitrogen and oxygen atoms in total. The maximum atomic E-state index is 11.8. The average molecular weight is 359 g/mol. The van der Waals surface area contributed by atoms with Crippen molar-refractivity contribution in [1.82, 2.24) is 5.32 Å². The van der Waals surface area contributed by atoms with Gasteiger partial charge in [0.15, 0.2) is 11.5 Å². The molecule has 1 aromatic rings. The minimum Gasteiger partial charge on any atom is -0.486 e. The van der Waals surface area contributed by atoms with Gasteiger partial charge in [-0.05, 0) is 29.3 Å². The number of rotatable bonds is 6. The first kappa shape index (κ1) is 15.9. The number of ether oxygens (including phenoxy) is 3. The van der Waals surface area contributed by atoms with Crippen molar-refractivity contribution in [2.75, 3.05) is 38.3 Å². The van der Waals surface area contributed by atoms with Crippen molar-refractivity contribution in [2.24, 2.45) is 0 Å². The Morgan fingerprint density at radius 3 is 2.76 bits per heavy atom. The van der Waals surface area contributed by atoms with Crippen LogP contribution in [-0.2, 0) is 4.74 Å². The van der Waals surface area contributed by atoms with Crippen LogP contribution in [0.5, 0.6) is 11.5 Å². The van der Waals surface area contributed by atoms with Gasteiger partial charge in [0.05, 0.1) is 5.69 Å². The van der Waals surface area contributed by atoms with E-state index in [1.165, 1.54) is 0 Å². The van der Waals surface area contributed by atoms with Crippen molar-refractivity contribution >= 4 is 27.6 Å². The minimum atomic E-state index is -0.260. The lowest BCUT2D eigenvalue weighted by molar-refractivity contribution is 0.145. The summed E-state index contributed by atoms with van der Waals surface area (Å²) in [5.74, 6) is 1.31. The Bertz CT molecular complexity index is 496. The van der Waals surface area contributed by atoms with Gasteiger partial charge in [-0.25, -0.2) is 4.79 Å². The quantitative estimate of drug-likeness (QED) is 0.767. The van der Waals surface area contributed by atoms with Crippen molar-refractivity contribution in [2.45, 2.75) is 13.3 Å². The maximum Gasteiger partial charge on any atom is 0.319 e. The zero-order valence-electron chi connectivity index (χ0n) is 11.9. The van der Waals surface area contributed by atoms with E-state index in [1.807, 2.05) is 6.92 Å². The maximum absolute atomic E-state index is 11.8. The Hall–Kier alpha value is -1.47. The fourth-order valence-corrected chi connectivity index (χ4v) is 2.27. The Morgan fingerprint density at radius 2 is 2.05 bits per heavy atom. The first-order valence-corrected chi connectivity index (χ1v) is 7.71. The molecule has 2 rings (SSSR count). The summed E-state index contributed by atoms with van der Waals surface area (Å²) in [6, 6.07) is 3.28. The number of carbonyl (C=O) groups is 1. The molecule has 2 amide bonds. The monoisotopic (exact) mass is 358 g/mol. The number of benzene rings is 1. The fraction of sp³-hybridized carbons (Fsp3) is 0.500. The van der Waals surface area contributed by atoms with Crippen molar-refractivity contribution in [3.8, 4) is 11.5 Å². The number of carbonyl (C=O) groups excluding carboxylic acids is 1. The molecule has 1 heterocycles. The average Bonchev–Trinajstić information content (AvgIpc) is 2.48. The first-order chi connectivity index (χ1) is 10.2. The van der Waals surface area contributed by atoms with E-state index in [0.29, 0.717) is 50.2 Å². The molecule has 0 aliphatic carbocycles. The summed E-state index contributed by atoms with van der Waals surface area (Å²) in [6.45, 7) is 4.89. The van der Waals surface area contributed by atoms with Gasteiger partial charge in [0.2, 0.25) is 0 Å².